The number of nitrogens with one attached hydrogen (secondary N) is 3. The van der Waals surface area contributed by atoms with Gasteiger partial charge >= 0.3 is 0 Å². The van der Waals surface area contributed by atoms with Crippen molar-refractivity contribution in [3.05, 3.63) is 71.5 Å². The molecule has 0 radical (unpaired) electrons. The van der Waals surface area contributed by atoms with Gasteiger partial charge in [0.15, 0.2) is 5.11 Å². The van der Waals surface area contributed by atoms with E-state index in [9.17, 15) is 4.39 Å². The van der Waals surface area contributed by atoms with E-state index in [-0.39, 0.29) is 11.9 Å². The Balaban J connectivity index is 1.38. The van der Waals surface area contributed by atoms with Crippen molar-refractivity contribution in [2.75, 3.05) is 26.2 Å². The molecule has 2 atom stereocenters. The van der Waals surface area contributed by atoms with E-state index in [2.05, 4.69) is 34.9 Å². The molecule has 1 saturated heterocycles. The predicted octanol–water partition coefficient (Wildman–Crippen LogP) is 1.27. The van der Waals surface area contributed by atoms with Gasteiger partial charge < -0.3 is 20.3 Å². The number of hydrogen-bond acceptors (Lipinski definition) is 2. The zero-order valence-corrected chi connectivity index (χ0v) is 15.5. The van der Waals surface area contributed by atoms with Crippen LogP contribution in [0.15, 0.2) is 54.6 Å². The van der Waals surface area contributed by atoms with Gasteiger partial charge in [0.05, 0.1) is 6.61 Å². The summed E-state index contributed by atoms with van der Waals surface area (Å²) in [6.45, 7) is 5.04. The van der Waals surface area contributed by atoms with Crippen LogP contribution in [0.3, 0.4) is 0 Å². The highest BCUT2D eigenvalue weighted by Crippen LogP contribution is 2.02. The highest BCUT2D eigenvalue weighted by atomic mass is 32.1. The van der Waals surface area contributed by atoms with Gasteiger partial charge in [-0.05, 0) is 29.9 Å². The van der Waals surface area contributed by atoms with Gasteiger partial charge in [-0.15, -0.1) is 0 Å². The van der Waals surface area contributed by atoms with Crippen molar-refractivity contribution in [2.24, 2.45) is 0 Å². The van der Waals surface area contributed by atoms with E-state index < -0.39 is 0 Å². The summed E-state index contributed by atoms with van der Waals surface area (Å²) in [5.41, 5.74) is 2.34. The Morgan fingerprint density at radius 1 is 1.08 bits per heavy atom. The molecular formula is C20H25FN3OS+. The molecule has 3 rings (SSSR count). The van der Waals surface area contributed by atoms with Crippen LogP contribution in [0.2, 0.25) is 0 Å². The van der Waals surface area contributed by atoms with Gasteiger partial charge in [-0.2, -0.15) is 0 Å². The summed E-state index contributed by atoms with van der Waals surface area (Å²) >= 11 is 5.32. The molecule has 0 bridgehead atoms. The van der Waals surface area contributed by atoms with Gasteiger partial charge in [0, 0.05) is 18.7 Å². The van der Waals surface area contributed by atoms with Gasteiger partial charge in [-0.1, -0.05) is 42.5 Å². The van der Waals surface area contributed by atoms with Gasteiger partial charge in [0.25, 0.3) is 0 Å². The summed E-state index contributed by atoms with van der Waals surface area (Å²) < 4.78 is 18.8. The van der Waals surface area contributed by atoms with Crippen molar-refractivity contribution in [3.8, 4) is 0 Å². The number of hydrogen-bond donors (Lipinski definition) is 3. The van der Waals surface area contributed by atoms with Crippen LogP contribution in [0.25, 0.3) is 0 Å². The molecule has 6 heteroatoms. The van der Waals surface area contributed by atoms with Crippen LogP contribution in [0, 0.1) is 5.82 Å². The first-order chi connectivity index (χ1) is 12.7. The van der Waals surface area contributed by atoms with Crippen molar-refractivity contribution in [2.45, 2.75) is 19.2 Å². The minimum absolute atomic E-state index is 0.146. The number of ether oxygens (including phenoxy) is 1. The third kappa shape index (κ3) is 6.05. The van der Waals surface area contributed by atoms with Crippen molar-refractivity contribution in [1.82, 2.24) is 10.6 Å². The molecule has 26 heavy (non-hydrogen) atoms. The molecule has 0 spiro atoms. The van der Waals surface area contributed by atoms with E-state index in [0.717, 1.165) is 31.8 Å². The average Bonchev–Trinajstić information content (AvgIpc) is 2.67. The van der Waals surface area contributed by atoms with E-state index in [0.29, 0.717) is 18.2 Å². The maximum Gasteiger partial charge on any atom is 0.166 e. The van der Waals surface area contributed by atoms with Gasteiger partial charge in [-0.3, -0.25) is 0 Å². The Morgan fingerprint density at radius 3 is 2.62 bits per heavy atom. The largest absolute Gasteiger partial charge is 0.365 e. The van der Waals surface area contributed by atoms with Crippen LogP contribution < -0.4 is 15.5 Å². The van der Waals surface area contributed by atoms with E-state index in [1.165, 1.54) is 22.6 Å². The zero-order valence-electron chi connectivity index (χ0n) is 14.7. The van der Waals surface area contributed by atoms with Crippen LogP contribution in [-0.2, 0) is 17.8 Å². The Hall–Kier alpha value is -2.02. The molecule has 0 saturated carbocycles. The third-order valence-corrected chi connectivity index (χ3v) is 4.77. The lowest BCUT2D eigenvalue weighted by Gasteiger charge is -2.30. The van der Waals surface area contributed by atoms with E-state index in [1.54, 1.807) is 12.1 Å². The average molecular weight is 375 g/mol. The van der Waals surface area contributed by atoms with Crippen LogP contribution in [0.5, 0.6) is 0 Å². The number of thiocarbonyl (C=S) groups is 1. The van der Waals surface area contributed by atoms with E-state index in [4.69, 9.17) is 17.0 Å². The van der Waals surface area contributed by atoms with E-state index in [1.807, 2.05) is 6.07 Å². The fourth-order valence-corrected chi connectivity index (χ4v) is 3.24. The fourth-order valence-electron chi connectivity index (χ4n) is 3.08. The third-order valence-electron chi connectivity index (χ3n) is 4.48. The van der Waals surface area contributed by atoms with Gasteiger partial charge in [-0.25, -0.2) is 4.39 Å². The quantitative estimate of drug-likeness (QED) is 0.666. The molecule has 1 heterocycles. The van der Waals surface area contributed by atoms with Crippen LogP contribution >= 0.6 is 12.2 Å². The summed E-state index contributed by atoms with van der Waals surface area (Å²) in [6, 6.07) is 17.0. The normalized spacial score (nSPS) is 19.7. The van der Waals surface area contributed by atoms with Gasteiger partial charge in [0.1, 0.15) is 31.6 Å². The highest BCUT2D eigenvalue weighted by molar-refractivity contribution is 7.80. The second-order valence-electron chi connectivity index (χ2n) is 6.55. The first-order valence-electron chi connectivity index (χ1n) is 8.94. The summed E-state index contributed by atoms with van der Waals surface area (Å²) in [5.74, 6) is -0.230. The Labute approximate surface area is 159 Å². The van der Waals surface area contributed by atoms with Crippen LogP contribution in [0.1, 0.15) is 11.1 Å². The SMILES string of the molecule is Fc1ccc(CNC(=S)NC[C@H]2C[NH+](Cc3ccccc3)CCO2)cc1. The predicted molar refractivity (Wildman–Crippen MR) is 104 cm³/mol. The molecule has 1 unspecified atom stereocenters. The molecular weight excluding hydrogens is 349 g/mol. The standard InChI is InChI=1S/C20H24FN3OS/c21-18-8-6-16(7-9-18)12-22-20(26)23-13-19-15-24(10-11-25-19)14-17-4-2-1-3-5-17/h1-9,19H,10-15H2,(H2,22,23,26)/p+1/t19-/m0/s1. The van der Waals surface area contributed by atoms with Crippen molar-refractivity contribution in [3.63, 3.8) is 0 Å². The molecule has 4 nitrogen and oxygen atoms in total. The maximum absolute atomic E-state index is 12.9. The molecule has 0 aliphatic carbocycles. The van der Waals surface area contributed by atoms with Crippen LogP contribution in [-0.4, -0.2) is 37.5 Å². The first kappa shape index (κ1) is 18.8. The van der Waals surface area contributed by atoms with Crippen molar-refractivity contribution >= 4 is 17.3 Å². The van der Waals surface area contributed by atoms with Crippen molar-refractivity contribution < 1.29 is 14.0 Å². The number of halogens is 1. The minimum Gasteiger partial charge on any atom is -0.365 e. The second kappa shape index (κ2) is 9.62. The molecule has 2 aromatic carbocycles. The molecule has 1 fully saturated rings. The summed E-state index contributed by atoms with van der Waals surface area (Å²) in [5, 5.41) is 6.96. The lowest BCUT2D eigenvalue weighted by molar-refractivity contribution is -0.925. The Morgan fingerprint density at radius 2 is 1.85 bits per heavy atom. The monoisotopic (exact) mass is 374 g/mol. The molecule has 3 N–H and O–H groups in total. The molecule has 1 aliphatic rings. The Kier molecular flexibility index (Phi) is 6.94. The zero-order chi connectivity index (χ0) is 18.2. The first-order valence-corrected chi connectivity index (χ1v) is 9.35. The summed E-state index contributed by atoms with van der Waals surface area (Å²) in [4.78, 5) is 1.53. The highest BCUT2D eigenvalue weighted by Gasteiger charge is 2.23. The minimum atomic E-state index is -0.230. The van der Waals surface area contributed by atoms with Crippen molar-refractivity contribution in [1.29, 1.82) is 0 Å². The lowest BCUT2D eigenvalue weighted by atomic mass is 10.2. The van der Waals surface area contributed by atoms with E-state index >= 15 is 0 Å². The number of morpholine rings is 1. The topological polar surface area (TPSA) is 37.7 Å². The smallest absolute Gasteiger partial charge is 0.166 e. The molecule has 1 aliphatic heterocycles. The summed E-state index contributed by atoms with van der Waals surface area (Å²) in [6.07, 6.45) is 0.146. The number of rotatable bonds is 6. The number of benzene rings is 2. The summed E-state index contributed by atoms with van der Waals surface area (Å²) in [7, 11) is 0. The second-order valence-corrected chi connectivity index (χ2v) is 6.96. The van der Waals surface area contributed by atoms with Crippen LogP contribution in [0.4, 0.5) is 4.39 Å². The molecule has 0 amide bonds. The number of quaternary nitrogens is 1. The molecule has 0 aromatic heterocycles. The lowest BCUT2D eigenvalue weighted by Crippen LogP contribution is -3.13. The Bertz CT molecular complexity index is 696. The maximum atomic E-state index is 12.9. The fraction of sp³-hybridized carbons (Fsp3) is 0.350. The molecule has 2 aromatic rings. The molecule has 138 valence electrons. The van der Waals surface area contributed by atoms with Gasteiger partial charge in [0.2, 0.25) is 0 Å².